The molecule has 4 fully saturated rings. The third-order valence-electron chi connectivity index (χ3n) is 12.8. The molecule has 0 saturated carbocycles. The second-order valence-electron chi connectivity index (χ2n) is 19.0. The van der Waals surface area contributed by atoms with E-state index in [1.54, 1.807) is 0 Å². The Bertz CT molecular complexity index is 3750. The van der Waals surface area contributed by atoms with Crippen LogP contribution in [0.5, 0.6) is 0 Å². The summed E-state index contributed by atoms with van der Waals surface area (Å²) >= 11 is 0. The average molecular weight is 1350 g/mol. The SMILES string of the molecule is Cn1c(=O)[nH]cc([C@@H]2O[C@H](COP(=O)(O)O)[C@@H](O)[C@H]2O)c1=O.Cn1cc([C@@H]2O[C@H](COP(=O)(O)O)[C@@H](O)[C@H]2O)c(=O)[nH]c1=O.Cn1cc([C@@H]2O[C@H](COP(=O)(O)O)[C@@H](O)[C@H]2O)c(=O)n(C)c1=O.O=c1ncn([C@@H]2O[C@H](COP(=O)(O)O)[C@@H](O)[C@H]2O)c(=O)[nH]1. The number of hydrogen-bond acceptors (Lipinski definition) is 29. The van der Waals surface area contributed by atoms with Crippen molar-refractivity contribution in [1.29, 1.82) is 0 Å². The van der Waals surface area contributed by atoms with Crippen LogP contribution in [0.25, 0.3) is 0 Å². The van der Waals surface area contributed by atoms with Crippen LogP contribution >= 0.6 is 31.3 Å². The zero-order valence-corrected chi connectivity index (χ0v) is 48.7. The minimum absolute atomic E-state index is 0.0696. The van der Waals surface area contributed by atoms with Crippen molar-refractivity contribution < 1.29 is 135 Å². The topological polar surface area (TPSA) is 687 Å². The van der Waals surface area contributed by atoms with Crippen LogP contribution in [-0.2, 0) is 83.5 Å². The minimum Gasteiger partial charge on any atom is -0.387 e. The van der Waals surface area contributed by atoms with Gasteiger partial charge < -0.3 is 113 Å². The lowest BCUT2D eigenvalue weighted by Gasteiger charge is -2.16. The highest BCUT2D eigenvalue weighted by molar-refractivity contribution is 7.47. The fraction of sp³-hybridized carbons (Fsp3) is 0.615. The molecule has 49 heteroatoms. The highest BCUT2D eigenvalue weighted by atomic mass is 31.2. The number of hydrogen-bond donors (Lipinski definition) is 19. The van der Waals surface area contributed by atoms with Crippen molar-refractivity contribution in [3.05, 3.63) is 125 Å². The number of rotatable bonds is 16. The summed E-state index contributed by atoms with van der Waals surface area (Å²) in [5.74, 6) is 0. The fourth-order valence-electron chi connectivity index (χ4n) is 8.35. The molecule has 8 heterocycles. The summed E-state index contributed by atoms with van der Waals surface area (Å²) in [5, 5.41) is 78.9. The van der Waals surface area contributed by atoms with Crippen LogP contribution in [0.3, 0.4) is 0 Å². The molecule has 0 bridgehead atoms. The molecule has 8 rings (SSSR count). The summed E-state index contributed by atoms with van der Waals surface area (Å²) in [7, 11) is -13.8. The number of aliphatic hydroxyl groups is 8. The number of phosphoric ester groups is 4. The van der Waals surface area contributed by atoms with Gasteiger partial charge in [0.15, 0.2) is 6.23 Å². The molecule has 0 spiro atoms. The number of phosphoric acid groups is 4. The minimum atomic E-state index is -4.77. The van der Waals surface area contributed by atoms with Gasteiger partial charge in [0.25, 0.3) is 16.7 Å². The standard InChI is InChI=1S/C11H17N2O9P.2C10H15N2O9P.C8H12N3O9P/c1-12-3-5(10(16)13(2)11(12)17)9-8(15)7(14)6(22-9)4-21-23(18,19)20;1-12-2-4(9(15)11-10(12)16)8-7(14)6(13)5(21-8)3-20-22(17,18)19;1-12-9(15)4(2-11-10(12)16)8-7(14)6(13)5(21-8)3-20-22(17,18)19;12-4-3(1-19-21(16,17)18)20-6(5(4)13)11-2-9-7(14)10-8(11)15/h3,6-9,14-15H,4H2,1-2H3,(H2,18,19,20);2,5-8,13-14H,3H2,1H3,(H,11,15,16)(H2,17,18,19);2,5-8,13-14H,3H2,1H3,(H,11,16)(H2,17,18,19);2-6,12-13H,1H2,(H,10,14,15)(H2,16,17,18)/t6-,7-,8-,9+;2*5-,6-,7-,8+;3-,4-,5-,6-/m1111/s1. The summed E-state index contributed by atoms with van der Waals surface area (Å²) in [4.78, 5) is 171. The molecule has 4 aliphatic heterocycles. The van der Waals surface area contributed by atoms with Crippen LogP contribution in [-0.4, -0.2) is 222 Å². The predicted octanol–water partition coefficient (Wildman–Crippen LogP) is -11.3. The molecule has 4 aromatic rings. The van der Waals surface area contributed by atoms with E-state index >= 15 is 0 Å². The van der Waals surface area contributed by atoms with Crippen molar-refractivity contribution in [3.63, 3.8) is 0 Å². The van der Waals surface area contributed by atoms with E-state index < -0.39 is 201 Å². The molecule has 4 saturated heterocycles. The van der Waals surface area contributed by atoms with Crippen LogP contribution in [0.1, 0.15) is 41.2 Å². The number of aromatic nitrogens is 9. The van der Waals surface area contributed by atoms with E-state index in [2.05, 4.69) is 28.1 Å². The van der Waals surface area contributed by atoms with Gasteiger partial charge in [-0.15, -0.1) is 0 Å². The average Bonchev–Trinajstić information content (AvgIpc) is 1.88. The van der Waals surface area contributed by atoms with Crippen molar-refractivity contribution in [2.45, 2.75) is 97.8 Å². The second-order valence-corrected chi connectivity index (χ2v) is 24.0. The van der Waals surface area contributed by atoms with Gasteiger partial charge in [-0.2, -0.15) is 4.98 Å². The molecule has 0 aromatic carbocycles. The Hall–Kier alpha value is -5.39. The molecule has 16 atom stereocenters. The van der Waals surface area contributed by atoms with Crippen molar-refractivity contribution >= 4 is 31.3 Å². The number of H-pyrrole nitrogens is 3. The predicted molar refractivity (Wildman–Crippen MR) is 277 cm³/mol. The van der Waals surface area contributed by atoms with Crippen LogP contribution in [0, 0.1) is 0 Å². The summed E-state index contributed by atoms with van der Waals surface area (Å²) < 4.78 is 84.8. The number of nitrogens with one attached hydrogen (secondary N) is 3. The van der Waals surface area contributed by atoms with E-state index in [4.69, 9.17) is 58.1 Å². The largest absolute Gasteiger partial charge is 0.469 e. The van der Waals surface area contributed by atoms with Crippen LogP contribution in [0.15, 0.2) is 63.3 Å². The lowest BCUT2D eigenvalue weighted by Crippen LogP contribution is -2.40. The second kappa shape index (κ2) is 29.3. The lowest BCUT2D eigenvalue weighted by atomic mass is 10.0. The Morgan fingerprint density at radius 1 is 0.466 bits per heavy atom. The van der Waals surface area contributed by atoms with Crippen LogP contribution in [0.2, 0.25) is 0 Å². The van der Waals surface area contributed by atoms with Gasteiger partial charge in [-0.25, -0.2) is 42.2 Å². The van der Waals surface area contributed by atoms with Gasteiger partial charge in [0.05, 0.1) is 43.1 Å². The molecule has 4 aliphatic rings. The van der Waals surface area contributed by atoms with E-state index in [9.17, 15) is 97.5 Å². The van der Waals surface area contributed by atoms with Gasteiger partial charge in [0.1, 0.15) is 97.9 Å². The maximum Gasteiger partial charge on any atom is 0.469 e. The Morgan fingerprint density at radius 3 is 1.26 bits per heavy atom. The molecular weight excluding hydrogens is 1290 g/mol. The highest BCUT2D eigenvalue weighted by Gasteiger charge is 2.49. The quantitative estimate of drug-likeness (QED) is 0.0463. The number of ether oxygens (including phenoxy) is 4. The van der Waals surface area contributed by atoms with Gasteiger partial charge in [-0.3, -0.25) is 56.1 Å². The molecule has 0 unspecified atom stereocenters. The van der Waals surface area contributed by atoms with Gasteiger partial charge in [-0.1, -0.05) is 0 Å². The third kappa shape index (κ3) is 18.9. The van der Waals surface area contributed by atoms with Gasteiger partial charge in [0, 0.05) is 46.8 Å². The van der Waals surface area contributed by atoms with E-state index in [0.29, 0.717) is 0 Å². The van der Waals surface area contributed by atoms with Crippen molar-refractivity contribution in [2.75, 3.05) is 26.4 Å². The molecule has 0 amide bonds. The first-order valence-electron chi connectivity index (χ1n) is 24.3. The van der Waals surface area contributed by atoms with Crippen LogP contribution in [0.4, 0.5) is 0 Å². The summed E-state index contributed by atoms with van der Waals surface area (Å²) in [6.45, 7) is -2.74. The molecule has 0 radical (unpaired) electrons. The van der Waals surface area contributed by atoms with Crippen molar-refractivity contribution in [1.82, 2.24) is 42.8 Å². The molecule has 19 N–H and O–H groups in total. The maximum atomic E-state index is 12.1. The number of aliphatic hydroxyl groups excluding tert-OH is 8. The Balaban J connectivity index is 0.000000214. The molecule has 496 valence electrons. The van der Waals surface area contributed by atoms with Gasteiger partial charge >= 0.3 is 59.7 Å². The fourth-order valence-corrected chi connectivity index (χ4v) is 9.72. The lowest BCUT2D eigenvalue weighted by molar-refractivity contribution is -0.0548. The molecule has 88 heavy (non-hydrogen) atoms. The summed E-state index contributed by atoms with van der Waals surface area (Å²) in [6, 6.07) is 0. The normalized spacial score (nSPS) is 29.0. The third-order valence-corrected chi connectivity index (χ3v) is 14.8. The smallest absolute Gasteiger partial charge is 0.387 e. The molecule has 4 aromatic heterocycles. The number of aromatic amines is 3. The molecule has 0 aliphatic carbocycles. The van der Waals surface area contributed by atoms with Gasteiger partial charge in [-0.05, 0) is 0 Å². The first-order chi connectivity index (χ1) is 40.4. The van der Waals surface area contributed by atoms with E-state index in [0.717, 1.165) is 41.6 Å². The Labute approximate surface area is 485 Å². The monoisotopic (exact) mass is 1350 g/mol. The van der Waals surface area contributed by atoms with E-state index in [1.807, 2.05) is 9.97 Å². The van der Waals surface area contributed by atoms with E-state index in [-0.39, 0.29) is 16.7 Å². The molecule has 45 nitrogen and oxygen atoms in total. The number of aryl methyl sites for hydroxylation is 2. The van der Waals surface area contributed by atoms with Crippen molar-refractivity contribution in [2.24, 2.45) is 28.2 Å². The number of nitrogens with zero attached hydrogens (tertiary/aromatic N) is 6. The van der Waals surface area contributed by atoms with Gasteiger partial charge in [0.2, 0.25) is 0 Å². The zero-order chi connectivity index (χ0) is 66.6. The Morgan fingerprint density at radius 2 is 0.841 bits per heavy atom. The first-order valence-corrected chi connectivity index (χ1v) is 30.4. The maximum absolute atomic E-state index is 12.1. The first kappa shape index (κ1) is 73.3. The molecular formula is C39H59N9O36P4. The van der Waals surface area contributed by atoms with E-state index in [1.165, 1.54) is 34.4 Å². The van der Waals surface area contributed by atoms with Crippen molar-refractivity contribution in [3.8, 4) is 0 Å². The van der Waals surface area contributed by atoms with Crippen LogP contribution < -0.4 is 45.1 Å². The highest BCUT2D eigenvalue weighted by Crippen LogP contribution is 2.42. The summed E-state index contributed by atoms with van der Waals surface area (Å²) in [6.07, 6.45) is -18.3. The zero-order valence-electron chi connectivity index (χ0n) is 45.2. The summed E-state index contributed by atoms with van der Waals surface area (Å²) in [5.41, 5.74) is -6.24. The Kier molecular flexibility index (Phi) is 24.4.